The second-order valence-electron chi connectivity index (χ2n) is 7.34. The predicted octanol–water partition coefficient (Wildman–Crippen LogP) is 7.15. The van der Waals surface area contributed by atoms with Gasteiger partial charge < -0.3 is 9.47 Å². The predicted molar refractivity (Wildman–Crippen MR) is 147 cm³/mol. The van der Waals surface area contributed by atoms with E-state index in [1.54, 1.807) is 74.8 Å². The molecule has 2 rings (SSSR count). The number of carbonyl (C=O) groups excluding carboxylic acids is 2. The molecular formula is C30H32N2O4. The maximum Gasteiger partial charge on any atom is 0.338 e. The first-order chi connectivity index (χ1) is 17.5. The average Bonchev–Trinajstić information content (AvgIpc) is 2.89. The van der Waals surface area contributed by atoms with E-state index in [4.69, 9.17) is 9.47 Å². The van der Waals surface area contributed by atoms with Crippen LogP contribution in [0.3, 0.4) is 0 Å². The van der Waals surface area contributed by atoms with E-state index in [0.717, 1.165) is 22.5 Å². The first-order valence-electron chi connectivity index (χ1n) is 11.8. The molecule has 0 aromatic heterocycles. The number of rotatable bonds is 11. The summed E-state index contributed by atoms with van der Waals surface area (Å²) in [5, 5.41) is 0. The van der Waals surface area contributed by atoms with Gasteiger partial charge in [-0.2, -0.15) is 0 Å². The van der Waals surface area contributed by atoms with Gasteiger partial charge in [0, 0.05) is 12.4 Å². The third-order valence-corrected chi connectivity index (χ3v) is 4.74. The summed E-state index contributed by atoms with van der Waals surface area (Å²) < 4.78 is 10.0. The van der Waals surface area contributed by atoms with E-state index in [0.29, 0.717) is 24.3 Å². The van der Waals surface area contributed by atoms with Gasteiger partial charge in [0.05, 0.1) is 35.7 Å². The first kappa shape index (κ1) is 27.9. The van der Waals surface area contributed by atoms with Gasteiger partial charge >= 0.3 is 11.9 Å². The summed E-state index contributed by atoms with van der Waals surface area (Å²) in [6, 6.07) is 13.9. The van der Waals surface area contributed by atoms with Crippen LogP contribution in [0.1, 0.15) is 48.4 Å². The highest BCUT2D eigenvalue weighted by molar-refractivity contribution is 5.90. The Balaban J connectivity index is 2.19. The van der Waals surface area contributed by atoms with Crippen molar-refractivity contribution in [2.45, 2.75) is 27.7 Å². The van der Waals surface area contributed by atoms with Gasteiger partial charge in [0.1, 0.15) is 0 Å². The van der Waals surface area contributed by atoms with Gasteiger partial charge in [-0.1, -0.05) is 24.3 Å². The largest absolute Gasteiger partial charge is 0.462 e. The van der Waals surface area contributed by atoms with Crippen molar-refractivity contribution in [1.82, 2.24) is 0 Å². The lowest BCUT2D eigenvalue weighted by molar-refractivity contribution is 0.0517. The molecule has 0 atom stereocenters. The van der Waals surface area contributed by atoms with Gasteiger partial charge in [-0.25, -0.2) is 9.59 Å². The first-order valence-corrected chi connectivity index (χ1v) is 11.8. The zero-order chi connectivity index (χ0) is 26.2. The lowest BCUT2D eigenvalue weighted by Crippen LogP contribution is -2.03. The van der Waals surface area contributed by atoms with Gasteiger partial charge in [-0.05, 0) is 99.5 Å². The maximum absolute atomic E-state index is 11.8. The van der Waals surface area contributed by atoms with Crippen molar-refractivity contribution in [3.8, 4) is 0 Å². The van der Waals surface area contributed by atoms with E-state index in [1.165, 1.54) is 0 Å². The van der Waals surface area contributed by atoms with Crippen LogP contribution in [-0.4, -0.2) is 37.6 Å². The maximum atomic E-state index is 11.8. The second kappa shape index (κ2) is 15.6. The summed E-state index contributed by atoms with van der Waals surface area (Å²) >= 11 is 0. The van der Waals surface area contributed by atoms with E-state index in [1.807, 2.05) is 50.3 Å². The van der Waals surface area contributed by atoms with Crippen molar-refractivity contribution >= 4 is 35.7 Å². The lowest BCUT2D eigenvalue weighted by atomic mass is 10.0. The van der Waals surface area contributed by atoms with Crippen molar-refractivity contribution in [1.29, 1.82) is 0 Å². The number of esters is 2. The average molecular weight is 485 g/mol. The van der Waals surface area contributed by atoms with Gasteiger partial charge in [0.15, 0.2) is 0 Å². The number of nitrogens with zero attached hydrogens (tertiary/aromatic N) is 2. The summed E-state index contributed by atoms with van der Waals surface area (Å²) in [6.45, 7) is 8.13. The fraction of sp³-hybridized carbons (Fsp3) is 0.200. The molecule has 2 aromatic rings. The van der Waals surface area contributed by atoms with Gasteiger partial charge in [-0.3, -0.25) is 9.98 Å². The van der Waals surface area contributed by atoms with Crippen molar-refractivity contribution < 1.29 is 19.1 Å². The highest BCUT2D eigenvalue weighted by Crippen LogP contribution is 2.17. The normalized spacial score (nSPS) is 12.8. The Kier molecular flexibility index (Phi) is 12.1. The van der Waals surface area contributed by atoms with Crippen LogP contribution in [-0.2, 0) is 9.47 Å². The monoisotopic (exact) mass is 484 g/mol. The summed E-state index contributed by atoms with van der Waals surface area (Å²) in [6.07, 6.45) is 15.1. The smallest absolute Gasteiger partial charge is 0.338 e. The minimum atomic E-state index is -0.346. The standard InChI is InChI=1S/C30H32N2O4/c1-5-9-23(19-21-31-27-15-11-25(12-16-27)29(33)35-7-3)24(10-6-2)20-22-32-28-17-13-26(14-18-28)30(34)36-8-4/h5-6,9-22H,7-8H2,1-4H3/b9-5-,10-6-,23-19-,24-20+,31-21?,32-22?. The minimum absolute atomic E-state index is 0.339. The fourth-order valence-electron chi connectivity index (χ4n) is 3.06. The molecule has 0 aliphatic carbocycles. The quantitative estimate of drug-likeness (QED) is 0.193. The molecule has 186 valence electrons. The molecule has 36 heavy (non-hydrogen) atoms. The second-order valence-corrected chi connectivity index (χ2v) is 7.34. The van der Waals surface area contributed by atoms with Crippen molar-refractivity contribution in [3.05, 3.63) is 107 Å². The molecule has 0 unspecified atom stereocenters. The Morgan fingerprint density at radius 1 is 0.667 bits per heavy atom. The SMILES string of the molecule is C\C=C/C(=C/C=Nc1ccc(C(=O)OCC)cc1)C(/C=C\C)=C/C=Nc1ccc(C(=O)OCC)cc1. The Hall–Kier alpha value is -4.32. The van der Waals surface area contributed by atoms with Gasteiger partial charge in [0.2, 0.25) is 0 Å². The van der Waals surface area contributed by atoms with Crippen LogP contribution in [0.4, 0.5) is 11.4 Å². The molecule has 0 aliphatic rings. The van der Waals surface area contributed by atoms with Crippen LogP contribution in [0, 0.1) is 0 Å². The van der Waals surface area contributed by atoms with Crippen LogP contribution in [0.15, 0.2) is 106 Å². The zero-order valence-corrected chi connectivity index (χ0v) is 21.2. The van der Waals surface area contributed by atoms with Crippen LogP contribution >= 0.6 is 0 Å². The number of ether oxygens (including phenoxy) is 2. The third kappa shape index (κ3) is 9.14. The highest BCUT2D eigenvalue weighted by Gasteiger charge is 2.06. The van der Waals surface area contributed by atoms with E-state index < -0.39 is 0 Å². The summed E-state index contributed by atoms with van der Waals surface area (Å²) in [7, 11) is 0. The molecule has 0 saturated heterocycles. The number of aliphatic imine (C=N–C) groups is 2. The molecule has 6 heteroatoms. The van der Waals surface area contributed by atoms with E-state index >= 15 is 0 Å². The molecular weight excluding hydrogens is 452 g/mol. The molecule has 0 saturated carbocycles. The fourth-order valence-corrected chi connectivity index (χ4v) is 3.06. The molecule has 0 heterocycles. The van der Waals surface area contributed by atoms with Crippen LogP contribution < -0.4 is 0 Å². The minimum Gasteiger partial charge on any atom is -0.462 e. The number of allylic oxidation sites excluding steroid dienone is 8. The highest BCUT2D eigenvalue weighted by atomic mass is 16.5. The molecule has 0 N–H and O–H groups in total. The third-order valence-electron chi connectivity index (χ3n) is 4.74. The van der Waals surface area contributed by atoms with Crippen molar-refractivity contribution in [2.24, 2.45) is 9.98 Å². The van der Waals surface area contributed by atoms with E-state index in [-0.39, 0.29) is 11.9 Å². The molecule has 0 amide bonds. The van der Waals surface area contributed by atoms with Crippen LogP contribution in [0.2, 0.25) is 0 Å². The Bertz CT molecular complexity index is 1090. The van der Waals surface area contributed by atoms with Gasteiger partial charge in [-0.15, -0.1) is 0 Å². The Morgan fingerprint density at radius 2 is 1.03 bits per heavy atom. The van der Waals surface area contributed by atoms with E-state index in [9.17, 15) is 9.59 Å². The Labute approximate surface area is 213 Å². The van der Waals surface area contributed by atoms with E-state index in [2.05, 4.69) is 9.98 Å². The summed E-state index contributed by atoms with van der Waals surface area (Å²) in [5.41, 5.74) is 4.34. The lowest BCUT2D eigenvalue weighted by Gasteiger charge is -2.03. The molecule has 2 aromatic carbocycles. The van der Waals surface area contributed by atoms with Crippen molar-refractivity contribution in [2.75, 3.05) is 13.2 Å². The topological polar surface area (TPSA) is 77.3 Å². The van der Waals surface area contributed by atoms with Crippen LogP contribution in [0.25, 0.3) is 0 Å². The molecule has 6 nitrogen and oxygen atoms in total. The Morgan fingerprint density at radius 3 is 1.33 bits per heavy atom. The summed E-state index contributed by atoms with van der Waals surface area (Å²) in [5.74, 6) is -0.693. The van der Waals surface area contributed by atoms with Crippen LogP contribution in [0.5, 0.6) is 0 Å². The molecule has 0 spiro atoms. The zero-order valence-electron chi connectivity index (χ0n) is 21.2. The molecule has 0 fully saturated rings. The number of hydrogen-bond donors (Lipinski definition) is 0. The number of carbonyl (C=O) groups is 2. The number of hydrogen-bond acceptors (Lipinski definition) is 6. The molecule has 0 aliphatic heterocycles. The molecule has 0 radical (unpaired) electrons. The van der Waals surface area contributed by atoms with Crippen molar-refractivity contribution in [3.63, 3.8) is 0 Å². The van der Waals surface area contributed by atoms with Gasteiger partial charge in [0.25, 0.3) is 0 Å². The summed E-state index contributed by atoms with van der Waals surface area (Å²) in [4.78, 5) is 32.5. The number of benzene rings is 2. The molecule has 0 bridgehead atoms.